The molecule has 0 radical (unpaired) electrons. The largest absolute Gasteiger partial charge is 0.416 e. The topological polar surface area (TPSA) is 118 Å². The van der Waals surface area contributed by atoms with Gasteiger partial charge in [-0.3, -0.25) is 9.11 Å². The number of nitrogen functional groups attached to an aromatic ring is 1. The first kappa shape index (κ1) is 26.6. The predicted molar refractivity (Wildman–Crippen MR) is 140 cm³/mol. The number of aromatic nitrogens is 3. The van der Waals surface area contributed by atoms with Crippen LogP contribution in [0.3, 0.4) is 0 Å². The number of alkyl halides is 3. The molecule has 2 aromatic heterocycles. The van der Waals surface area contributed by atoms with Crippen molar-refractivity contribution in [3.05, 3.63) is 71.9 Å². The molecule has 9 nitrogen and oxygen atoms in total. The van der Waals surface area contributed by atoms with E-state index in [2.05, 4.69) is 25.6 Å². The van der Waals surface area contributed by atoms with E-state index in [0.717, 1.165) is 23.9 Å². The maximum atomic E-state index is 15.1. The van der Waals surface area contributed by atoms with Gasteiger partial charge in [-0.1, -0.05) is 12.1 Å². The third-order valence-corrected chi connectivity index (χ3v) is 7.56. The Bertz CT molecular complexity index is 1560. The fourth-order valence-corrected chi connectivity index (χ4v) is 5.50. The summed E-state index contributed by atoms with van der Waals surface area (Å²) in [4.78, 5) is 18.6. The highest BCUT2D eigenvalue weighted by molar-refractivity contribution is 7.85. The van der Waals surface area contributed by atoms with Crippen LogP contribution in [0.25, 0.3) is 16.6 Å². The van der Waals surface area contributed by atoms with Crippen molar-refractivity contribution in [3.8, 4) is 11.1 Å². The van der Waals surface area contributed by atoms with Crippen molar-refractivity contribution < 1.29 is 26.6 Å². The minimum Gasteiger partial charge on any atom is -0.382 e. The Balaban J connectivity index is 1.37. The van der Waals surface area contributed by atoms with Gasteiger partial charge in [0, 0.05) is 53.2 Å². The molecule has 0 atom stereocenters. The zero-order valence-corrected chi connectivity index (χ0v) is 21.2. The fraction of sp³-hybridized carbons (Fsp3) is 0.240. The van der Waals surface area contributed by atoms with Crippen LogP contribution in [-0.2, 0) is 23.5 Å². The molecule has 0 unspecified atom stereocenters. The summed E-state index contributed by atoms with van der Waals surface area (Å²) in [5.41, 5.74) is 7.30. The van der Waals surface area contributed by atoms with E-state index in [-0.39, 0.29) is 17.2 Å². The van der Waals surface area contributed by atoms with E-state index in [1.165, 1.54) is 24.5 Å². The summed E-state index contributed by atoms with van der Waals surface area (Å²) in [5, 5.41) is 8.91. The molecule has 4 N–H and O–H groups in total. The summed E-state index contributed by atoms with van der Waals surface area (Å²) < 4.78 is 67.2. The lowest BCUT2D eigenvalue weighted by atomic mass is 10.1. The average molecular weight is 562 g/mol. The lowest BCUT2D eigenvalue weighted by Gasteiger charge is -2.25. The SMILES string of the molecule is Nc1ncnn2c(CN3CCS(=O)CC3)cc(-c3ccc(NC(=O)Nc4cccc(C(F)(F)F)c4)c(F)c3)c12. The number of hydrogen-bond donors (Lipinski definition) is 3. The van der Waals surface area contributed by atoms with Gasteiger partial charge in [-0.15, -0.1) is 0 Å². The first-order valence-electron chi connectivity index (χ1n) is 11.8. The number of amides is 2. The number of rotatable bonds is 5. The summed E-state index contributed by atoms with van der Waals surface area (Å²) >= 11 is 0. The summed E-state index contributed by atoms with van der Waals surface area (Å²) in [6, 6.07) is 9.20. The van der Waals surface area contributed by atoms with Crippen LogP contribution < -0.4 is 16.4 Å². The van der Waals surface area contributed by atoms with Gasteiger partial charge < -0.3 is 16.4 Å². The van der Waals surface area contributed by atoms with Crippen molar-refractivity contribution >= 4 is 39.5 Å². The Hall–Kier alpha value is -4.04. The zero-order valence-electron chi connectivity index (χ0n) is 20.3. The first-order valence-corrected chi connectivity index (χ1v) is 13.3. The molecule has 0 saturated carbocycles. The highest BCUT2D eigenvalue weighted by Gasteiger charge is 2.30. The molecule has 0 aliphatic carbocycles. The Morgan fingerprint density at radius 1 is 1.08 bits per heavy atom. The molecule has 1 aliphatic heterocycles. The van der Waals surface area contributed by atoms with Gasteiger partial charge in [0.05, 0.1) is 16.9 Å². The molecule has 39 heavy (non-hydrogen) atoms. The van der Waals surface area contributed by atoms with Gasteiger partial charge in [-0.2, -0.15) is 18.3 Å². The Morgan fingerprint density at radius 2 is 1.85 bits per heavy atom. The van der Waals surface area contributed by atoms with Crippen molar-refractivity contribution in [2.45, 2.75) is 12.7 Å². The number of urea groups is 1. The molecule has 204 valence electrons. The van der Waals surface area contributed by atoms with Crippen LogP contribution in [0.4, 0.5) is 39.5 Å². The summed E-state index contributed by atoms with van der Waals surface area (Å²) in [6.45, 7) is 1.87. The van der Waals surface area contributed by atoms with E-state index in [0.29, 0.717) is 47.8 Å². The van der Waals surface area contributed by atoms with Crippen LogP contribution in [0.1, 0.15) is 11.3 Å². The van der Waals surface area contributed by atoms with Gasteiger partial charge in [0.25, 0.3) is 0 Å². The van der Waals surface area contributed by atoms with Crippen molar-refractivity contribution in [1.82, 2.24) is 19.5 Å². The molecule has 1 aliphatic rings. The van der Waals surface area contributed by atoms with Gasteiger partial charge >= 0.3 is 12.2 Å². The van der Waals surface area contributed by atoms with Crippen LogP contribution in [-0.4, -0.2) is 54.3 Å². The summed E-state index contributed by atoms with van der Waals surface area (Å²) in [5.74, 6) is 0.624. The van der Waals surface area contributed by atoms with E-state index in [1.54, 1.807) is 10.6 Å². The standard InChI is InChI=1S/C25H23F4N7O2S/c26-20-10-15(4-5-21(20)34-24(37)33-17-3-1-2-16(11-17)25(27,28)29)19-12-18(13-35-6-8-39(38)9-7-35)36-22(19)23(30)31-14-32-36/h1-5,10-12,14H,6-9,13H2,(H2,30,31,32)(H2,33,34,37). The van der Waals surface area contributed by atoms with Crippen LogP contribution in [0.2, 0.25) is 0 Å². The smallest absolute Gasteiger partial charge is 0.382 e. The van der Waals surface area contributed by atoms with E-state index >= 15 is 4.39 Å². The molecule has 0 spiro atoms. The van der Waals surface area contributed by atoms with Gasteiger partial charge in [0.15, 0.2) is 5.82 Å². The van der Waals surface area contributed by atoms with E-state index in [4.69, 9.17) is 5.73 Å². The van der Waals surface area contributed by atoms with E-state index in [1.807, 2.05) is 6.07 Å². The van der Waals surface area contributed by atoms with Crippen LogP contribution in [0, 0.1) is 5.82 Å². The molecular formula is C25H23F4N7O2S. The molecule has 2 amide bonds. The van der Waals surface area contributed by atoms with Crippen molar-refractivity contribution in [2.24, 2.45) is 0 Å². The predicted octanol–water partition coefficient (Wildman–Crippen LogP) is 4.34. The van der Waals surface area contributed by atoms with Gasteiger partial charge in [-0.25, -0.2) is 18.7 Å². The molecule has 3 heterocycles. The van der Waals surface area contributed by atoms with Gasteiger partial charge in [0.1, 0.15) is 17.7 Å². The minimum atomic E-state index is -4.57. The number of anilines is 3. The number of halogens is 4. The highest BCUT2D eigenvalue weighted by atomic mass is 32.2. The number of fused-ring (bicyclic) bond motifs is 1. The number of nitrogens with two attached hydrogens (primary N) is 1. The maximum Gasteiger partial charge on any atom is 0.416 e. The maximum absolute atomic E-state index is 15.1. The number of benzene rings is 2. The number of carbonyl (C=O) groups is 1. The van der Waals surface area contributed by atoms with Crippen molar-refractivity contribution in [3.63, 3.8) is 0 Å². The number of nitrogens with one attached hydrogen (secondary N) is 2. The van der Waals surface area contributed by atoms with Gasteiger partial charge in [0.2, 0.25) is 0 Å². The molecule has 0 bridgehead atoms. The molecule has 1 fully saturated rings. The summed E-state index contributed by atoms with van der Waals surface area (Å²) in [7, 11) is -0.815. The monoisotopic (exact) mass is 561 g/mol. The second-order valence-electron chi connectivity index (χ2n) is 8.93. The molecular weight excluding hydrogens is 538 g/mol. The first-order chi connectivity index (χ1) is 18.6. The number of nitrogens with zero attached hydrogens (tertiary/aromatic N) is 4. The molecule has 2 aromatic carbocycles. The number of carbonyl (C=O) groups excluding carboxylic acids is 1. The normalized spacial score (nSPS) is 15.0. The minimum absolute atomic E-state index is 0.0948. The third kappa shape index (κ3) is 5.86. The highest BCUT2D eigenvalue weighted by Crippen LogP contribution is 2.33. The zero-order chi connectivity index (χ0) is 27.7. The molecule has 5 rings (SSSR count). The second kappa shape index (κ2) is 10.6. The lowest BCUT2D eigenvalue weighted by Crippen LogP contribution is -2.37. The van der Waals surface area contributed by atoms with Crippen LogP contribution >= 0.6 is 0 Å². The average Bonchev–Trinajstić information content (AvgIpc) is 3.26. The molecule has 1 saturated heterocycles. The lowest BCUT2D eigenvalue weighted by molar-refractivity contribution is -0.137. The van der Waals surface area contributed by atoms with Crippen LogP contribution in [0.5, 0.6) is 0 Å². The Morgan fingerprint density at radius 3 is 2.56 bits per heavy atom. The van der Waals surface area contributed by atoms with Crippen LogP contribution in [0.15, 0.2) is 54.9 Å². The number of hydrogen-bond acceptors (Lipinski definition) is 6. The van der Waals surface area contributed by atoms with E-state index < -0.39 is 34.4 Å². The van der Waals surface area contributed by atoms with E-state index in [9.17, 15) is 22.2 Å². The van der Waals surface area contributed by atoms with Crippen molar-refractivity contribution in [1.29, 1.82) is 0 Å². The fourth-order valence-electron chi connectivity index (χ4n) is 4.37. The molecule has 4 aromatic rings. The second-order valence-corrected chi connectivity index (χ2v) is 10.6. The third-order valence-electron chi connectivity index (χ3n) is 6.29. The van der Waals surface area contributed by atoms with Crippen molar-refractivity contribution in [2.75, 3.05) is 41.0 Å². The molecule has 14 heteroatoms. The summed E-state index contributed by atoms with van der Waals surface area (Å²) in [6.07, 6.45) is -3.24. The van der Waals surface area contributed by atoms with Gasteiger partial charge in [-0.05, 0) is 42.0 Å². The Labute approximate surface area is 222 Å². The Kier molecular flexibility index (Phi) is 7.23. The quantitative estimate of drug-likeness (QED) is 0.312.